The number of rotatable bonds is 41. The summed E-state index contributed by atoms with van der Waals surface area (Å²) in [7, 11) is 1.51. The summed E-state index contributed by atoms with van der Waals surface area (Å²) in [6, 6.07) is -0.877. The highest BCUT2D eigenvalue weighted by Crippen LogP contribution is 2.43. The molecule has 0 bridgehead atoms. The number of aliphatic hydroxyl groups is 1. The molecule has 356 valence electrons. The molecule has 3 atom stereocenters. The van der Waals surface area contributed by atoms with Gasteiger partial charge in [0.15, 0.2) is 0 Å². The van der Waals surface area contributed by atoms with E-state index in [0.29, 0.717) is 23.9 Å². The van der Waals surface area contributed by atoms with Crippen LogP contribution in [0.4, 0.5) is 0 Å². The fourth-order valence-electron chi connectivity index (χ4n) is 5.83. The molecule has 63 heavy (non-hydrogen) atoms. The van der Waals surface area contributed by atoms with E-state index < -0.39 is 20.0 Å². The van der Waals surface area contributed by atoms with Gasteiger partial charge in [-0.3, -0.25) is 13.8 Å². The first-order valence-electron chi connectivity index (χ1n) is 24.1. The van der Waals surface area contributed by atoms with E-state index in [-0.39, 0.29) is 19.1 Å². The Morgan fingerprint density at radius 3 is 1.40 bits per heavy atom. The molecule has 9 heteroatoms. The first-order valence-corrected chi connectivity index (χ1v) is 25.6. The van der Waals surface area contributed by atoms with E-state index in [0.717, 1.165) is 96.3 Å². The number of nitrogens with one attached hydrogen (secondary N) is 1. The van der Waals surface area contributed by atoms with Crippen LogP contribution in [0, 0.1) is 0 Å². The molecule has 0 aromatic carbocycles. The Hall–Kier alpha value is -3.36. The van der Waals surface area contributed by atoms with Gasteiger partial charge in [0, 0.05) is 6.42 Å². The molecule has 0 aliphatic heterocycles. The molecule has 0 heterocycles. The lowest BCUT2D eigenvalue weighted by molar-refractivity contribution is -0.870. The van der Waals surface area contributed by atoms with Crippen LogP contribution < -0.4 is 5.32 Å². The van der Waals surface area contributed by atoms with Gasteiger partial charge in [0.25, 0.3) is 0 Å². The Balaban J connectivity index is 4.27. The molecular formula is C54H90N2O6P+. The molecule has 8 nitrogen and oxygen atoms in total. The van der Waals surface area contributed by atoms with Gasteiger partial charge < -0.3 is 19.8 Å². The molecule has 1 amide bonds. The molecule has 0 saturated heterocycles. The Labute approximate surface area is 386 Å². The number of likely N-dealkylation sites (N-methyl/N-ethyl adjacent to an activating group) is 1. The number of hydrogen-bond acceptors (Lipinski definition) is 5. The third kappa shape index (κ3) is 46.4. The molecule has 0 fully saturated rings. The number of carbonyl (C=O) groups excluding carboxylic acids is 1. The minimum absolute atomic E-state index is 0.0445. The first kappa shape index (κ1) is 59.6. The van der Waals surface area contributed by atoms with Gasteiger partial charge in [0.05, 0.1) is 39.9 Å². The second-order valence-electron chi connectivity index (χ2n) is 16.8. The normalized spacial score (nSPS) is 15.3. The second-order valence-corrected chi connectivity index (χ2v) is 18.2. The van der Waals surface area contributed by atoms with Crippen molar-refractivity contribution in [1.82, 2.24) is 5.32 Å². The number of phosphoric acid groups is 1. The van der Waals surface area contributed by atoms with Crippen molar-refractivity contribution in [3.05, 3.63) is 134 Å². The maximum Gasteiger partial charge on any atom is 0.472 e. The maximum absolute atomic E-state index is 12.8. The molecule has 3 unspecified atom stereocenters. The molecule has 0 radical (unpaired) electrons. The van der Waals surface area contributed by atoms with Crippen molar-refractivity contribution in [1.29, 1.82) is 0 Å². The Morgan fingerprint density at radius 1 is 0.556 bits per heavy atom. The number of aliphatic hydroxyl groups excluding tert-OH is 1. The Kier molecular flexibility index (Phi) is 41.5. The molecule has 0 aromatic heterocycles. The average molecular weight is 894 g/mol. The zero-order chi connectivity index (χ0) is 46.4. The topological polar surface area (TPSA) is 105 Å². The predicted octanol–water partition coefficient (Wildman–Crippen LogP) is 14.0. The SMILES string of the molecule is CC/C=C\C/C=C\C/C=C\C/C=C\C/C=C\C/C=C\C/C=C\C/C=C\C/C=C\C/C=C\CCCCC(=O)NC(COP(=O)(O)OCC[N+](C)(C)C)C(O)/C=C/CCCCCCCC. The number of amides is 1. The van der Waals surface area contributed by atoms with Crippen molar-refractivity contribution in [2.45, 2.75) is 161 Å². The fraction of sp³-hybridized carbons (Fsp3) is 0.574. The predicted molar refractivity (Wildman–Crippen MR) is 271 cm³/mol. The lowest BCUT2D eigenvalue weighted by atomic mass is 10.1. The van der Waals surface area contributed by atoms with Crippen LogP contribution in [0.2, 0.25) is 0 Å². The highest BCUT2D eigenvalue weighted by Gasteiger charge is 2.27. The van der Waals surface area contributed by atoms with Gasteiger partial charge in [0.1, 0.15) is 13.2 Å². The van der Waals surface area contributed by atoms with E-state index in [1.165, 1.54) is 25.7 Å². The molecule has 0 saturated carbocycles. The van der Waals surface area contributed by atoms with Crippen molar-refractivity contribution < 1.29 is 32.9 Å². The van der Waals surface area contributed by atoms with E-state index in [4.69, 9.17) is 9.05 Å². The van der Waals surface area contributed by atoms with Gasteiger partial charge in [0.2, 0.25) is 5.91 Å². The van der Waals surface area contributed by atoms with Crippen LogP contribution in [0.15, 0.2) is 134 Å². The molecule has 0 aliphatic rings. The van der Waals surface area contributed by atoms with Crippen LogP contribution in [-0.2, 0) is 18.4 Å². The van der Waals surface area contributed by atoms with E-state index in [9.17, 15) is 19.4 Å². The highest BCUT2D eigenvalue weighted by molar-refractivity contribution is 7.47. The summed E-state index contributed by atoms with van der Waals surface area (Å²) in [5.74, 6) is -0.231. The summed E-state index contributed by atoms with van der Waals surface area (Å²) in [5.41, 5.74) is 0. The van der Waals surface area contributed by atoms with Crippen LogP contribution in [0.25, 0.3) is 0 Å². The van der Waals surface area contributed by atoms with Crippen LogP contribution in [0.5, 0.6) is 0 Å². The number of phosphoric ester groups is 1. The number of unbranched alkanes of at least 4 members (excludes halogenated alkanes) is 8. The van der Waals surface area contributed by atoms with Crippen molar-refractivity contribution in [3.63, 3.8) is 0 Å². The average Bonchev–Trinajstić information content (AvgIpc) is 3.24. The molecule has 0 aromatic rings. The van der Waals surface area contributed by atoms with Gasteiger partial charge in [-0.1, -0.05) is 180 Å². The van der Waals surface area contributed by atoms with Crippen LogP contribution in [-0.4, -0.2) is 73.4 Å². The van der Waals surface area contributed by atoms with Gasteiger partial charge >= 0.3 is 7.82 Å². The summed E-state index contributed by atoms with van der Waals surface area (Å²) in [6.07, 6.45) is 67.0. The fourth-order valence-corrected chi connectivity index (χ4v) is 6.57. The number of carbonyl (C=O) groups is 1. The zero-order valence-corrected chi connectivity index (χ0v) is 41.1. The molecular weight excluding hydrogens is 804 g/mol. The Bertz CT molecular complexity index is 1480. The molecule has 0 spiro atoms. The Morgan fingerprint density at radius 2 is 0.952 bits per heavy atom. The lowest BCUT2D eigenvalue weighted by Crippen LogP contribution is -2.45. The number of nitrogens with zero attached hydrogens (tertiary/aromatic N) is 1. The third-order valence-corrected chi connectivity index (χ3v) is 10.6. The van der Waals surface area contributed by atoms with Gasteiger partial charge in [-0.2, -0.15) is 0 Å². The highest BCUT2D eigenvalue weighted by atomic mass is 31.2. The van der Waals surface area contributed by atoms with Crippen LogP contribution in [0.3, 0.4) is 0 Å². The smallest absolute Gasteiger partial charge is 0.387 e. The number of hydrogen-bond donors (Lipinski definition) is 3. The quantitative estimate of drug-likeness (QED) is 0.0244. The van der Waals surface area contributed by atoms with Crippen LogP contribution in [0.1, 0.15) is 149 Å². The van der Waals surface area contributed by atoms with Crippen molar-refractivity contribution in [2.24, 2.45) is 0 Å². The summed E-state index contributed by atoms with van der Waals surface area (Å²) in [6.45, 7) is 4.58. The van der Waals surface area contributed by atoms with E-state index in [1.807, 2.05) is 27.2 Å². The van der Waals surface area contributed by atoms with E-state index in [2.05, 4.69) is 141 Å². The third-order valence-electron chi connectivity index (χ3n) is 9.63. The molecule has 0 rings (SSSR count). The number of quaternary nitrogens is 1. The molecule has 0 aliphatic carbocycles. The largest absolute Gasteiger partial charge is 0.472 e. The van der Waals surface area contributed by atoms with Crippen molar-refractivity contribution >= 4 is 13.7 Å². The standard InChI is InChI=1S/C54H89N2O6P/c1-6-8-10-12-14-16-17-18-19-20-21-22-23-24-25-26-27-28-29-30-31-32-33-34-35-36-37-38-39-40-42-44-46-48-54(58)55-52(51-62-63(59,60)61-50-49-56(3,4)5)53(57)47-45-43-41-15-13-11-9-7-2/h8,10,14,16,18-19,21-22,24-25,27-28,30-31,33-34,36-37,39-40,45,47,52-53,57H,6-7,9,11-13,15,17,20,23,26,29,32,35,38,41-44,46,48-51H2,1-5H3,(H-,55,58,59,60)/p+1/b10-8-,16-14-,19-18-,22-21-,25-24-,28-27-,31-30-,34-33-,37-36-,40-39-,47-45+. The van der Waals surface area contributed by atoms with Crippen molar-refractivity contribution in [3.8, 4) is 0 Å². The monoisotopic (exact) mass is 894 g/mol. The lowest BCUT2D eigenvalue weighted by Gasteiger charge is -2.25. The minimum Gasteiger partial charge on any atom is -0.387 e. The maximum atomic E-state index is 12.8. The van der Waals surface area contributed by atoms with E-state index >= 15 is 0 Å². The van der Waals surface area contributed by atoms with Crippen molar-refractivity contribution in [2.75, 3.05) is 40.9 Å². The van der Waals surface area contributed by atoms with E-state index in [1.54, 1.807) is 6.08 Å². The van der Waals surface area contributed by atoms with Gasteiger partial charge in [-0.15, -0.1) is 0 Å². The van der Waals surface area contributed by atoms with Crippen LogP contribution >= 0.6 is 7.82 Å². The zero-order valence-electron chi connectivity index (χ0n) is 40.2. The summed E-state index contributed by atoms with van der Waals surface area (Å²) < 4.78 is 23.4. The summed E-state index contributed by atoms with van der Waals surface area (Å²) in [5, 5.41) is 13.7. The molecule has 3 N–H and O–H groups in total. The van der Waals surface area contributed by atoms with Gasteiger partial charge in [-0.05, 0) is 96.3 Å². The van der Waals surface area contributed by atoms with Gasteiger partial charge in [-0.25, -0.2) is 4.57 Å². The summed E-state index contributed by atoms with van der Waals surface area (Å²) >= 11 is 0. The first-order chi connectivity index (χ1) is 30.5. The summed E-state index contributed by atoms with van der Waals surface area (Å²) in [4.78, 5) is 23.0. The number of allylic oxidation sites excluding steroid dienone is 21. The minimum atomic E-state index is -4.35. The second kappa shape index (κ2) is 43.9.